The summed E-state index contributed by atoms with van der Waals surface area (Å²) in [5, 5.41) is 26.6. The molecule has 0 aromatic heterocycles. The van der Waals surface area contributed by atoms with Crippen LogP contribution in [0.3, 0.4) is 0 Å². The lowest BCUT2D eigenvalue weighted by Gasteiger charge is -2.60. The van der Waals surface area contributed by atoms with Gasteiger partial charge in [-0.2, -0.15) is 5.26 Å². The van der Waals surface area contributed by atoms with E-state index in [1.54, 1.807) is 13.8 Å². The Labute approximate surface area is 203 Å². The van der Waals surface area contributed by atoms with Crippen molar-refractivity contribution >= 4 is 17.9 Å². The molecule has 0 radical (unpaired) electrons. The predicted octanol–water partition coefficient (Wildman–Crippen LogP) is 4.20. The quantitative estimate of drug-likeness (QED) is 0.368. The maximum Gasteiger partial charge on any atom is 0.348 e. The van der Waals surface area contributed by atoms with E-state index in [9.17, 15) is 19.5 Å². The molecular weight excluding hydrogens is 434 g/mol. The number of carboxylic acid groups (broad SMARTS) is 2. The fourth-order valence-corrected chi connectivity index (χ4v) is 5.45. The minimum Gasteiger partial charge on any atom is -0.545 e. The number of aliphatic carboxylic acids is 2. The molecule has 4 aliphatic carbocycles. The molecule has 7 nitrogen and oxygen atoms in total. The molecular formula is C27H38NO6-. The van der Waals surface area contributed by atoms with Gasteiger partial charge in [0.05, 0.1) is 12.0 Å². The first-order chi connectivity index (χ1) is 15.8. The number of carboxylic acids is 2. The van der Waals surface area contributed by atoms with Crippen molar-refractivity contribution in [1.29, 1.82) is 5.26 Å². The SMILES string of the molecule is C=C(C)C#N.C=C(C)C(=O)O.CC(=CC12CC3CC(CC(C3)C1C)C2)C(=O)[O-].CCC1OC1=O. The van der Waals surface area contributed by atoms with Gasteiger partial charge in [0.1, 0.15) is 0 Å². The molecule has 5 aliphatic rings. The summed E-state index contributed by atoms with van der Waals surface area (Å²) in [5.41, 5.74) is 1.36. The normalized spacial score (nSPS) is 31.6. The summed E-state index contributed by atoms with van der Waals surface area (Å²) in [6, 6.07) is 1.83. The Hall–Kier alpha value is -2.88. The highest BCUT2D eigenvalue weighted by molar-refractivity contribution is 5.87. The second-order valence-electron chi connectivity index (χ2n) is 10.1. The van der Waals surface area contributed by atoms with Crippen LogP contribution < -0.4 is 5.11 Å². The van der Waals surface area contributed by atoms with Crippen LogP contribution in [0.4, 0.5) is 0 Å². The van der Waals surface area contributed by atoms with E-state index in [2.05, 4.69) is 30.9 Å². The van der Waals surface area contributed by atoms with Crippen molar-refractivity contribution in [1.82, 2.24) is 0 Å². The van der Waals surface area contributed by atoms with Crippen LogP contribution in [-0.4, -0.2) is 29.1 Å². The van der Waals surface area contributed by atoms with Crippen molar-refractivity contribution in [3.05, 3.63) is 36.0 Å². The molecule has 5 rings (SSSR count). The number of nitrogens with zero attached hydrogens (tertiary/aromatic N) is 1. The van der Waals surface area contributed by atoms with Crippen LogP contribution in [0.15, 0.2) is 36.0 Å². The van der Waals surface area contributed by atoms with Gasteiger partial charge in [-0.1, -0.05) is 33.1 Å². The Morgan fingerprint density at radius 3 is 1.91 bits per heavy atom. The molecule has 7 heteroatoms. The zero-order chi connectivity index (χ0) is 26.2. The van der Waals surface area contributed by atoms with Crippen molar-refractivity contribution in [2.45, 2.75) is 79.2 Å². The molecule has 1 aliphatic heterocycles. The third-order valence-electron chi connectivity index (χ3n) is 7.11. The monoisotopic (exact) mass is 472 g/mol. The molecule has 0 spiro atoms. The summed E-state index contributed by atoms with van der Waals surface area (Å²) in [7, 11) is 0. The van der Waals surface area contributed by atoms with Crippen LogP contribution in [0.5, 0.6) is 0 Å². The van der Waals surface area contributed by atoms with Gasteiger partial charge in [0.25, 0.3) is 0 Å². The minimum absolute atomic E-state index is 0.0370. The maximum absolute atomic E-state index is 11.0. The van der Waals surface area contributed by atoms with Crippen LogP contribution in [0.2, 0.25) is 0 Å². The molecule has 188 valence electrons. The lowest BCUT2D eigenvalue weighted by molar-refractivity contribution is -0.299. The minimum atomic E-state index is -0.993. The van der Waals surface area contributed by atoms with Gasteiger partial charge in [0.15, 0.2) is 6.10 Å². The Morgan fingerprint density at radius 1 is 1.21 bits per heavy atom. The highest BCUT2D eigenvalue weighted by atomic mass is 16.6. The lowest BCUT2D eigenvalue weighted by Crippen LogP contribution is -2.51. The molecule has 0 amide bonds. The number of epoxide rings is 1. The number of nitriles is 1. The van der Waals surface area contributed by atoms with Crippen LogP contribution in [0.1, 0.15) is 73.1 Å². The Kier molecular flexibility index (Phi) is 10.8. The molecule has 1 saturated heterocycles. The van der Waals surface area contributed by atoms with Crippen molar-refractivity contribution in [3.63, 3.8) is 0 Å². The second-order valence-corrected chi connectivity index (χ2v) is 10.1. The standard InChI is InChI=1S/C15H22O2.C4H5N.2C4H6O2/c1-9(14(16)17)6-15-7-11-3-12(8-15)5-13(4-11)10(15)2;1-4(2)3-5;1-2-3-4(5)6-3;1-3(2)4(5)6/h6,10-13H,3-5,7-8H2,1-2H3,(H,16,17);1H2,2H3;3H,2H2,1H3;1H2,2H3,(H,5,6)/p-1. The first kappa shape index (κ1) is 29.2. The molecule has 4 saturated carbocycles. The van der Waals surface area contributed by atoms with Gasteiger partial charge < -0.3 is 19.7 Å². The van der Waals surface area contributed by atoms with Gasteiger partial charge in [-0.05, 0) is 94.0 Å². The summed E-state index contributed by atoms with van der Waals surface area (Å²) >= 11 is 0. The summed E-state index contributed by atoms with van der Waals surface area (Å²) < 4.78 is 4.43. The Balaban J connectivity index is 0.000000280. The van der Waals surface area contributed by atoms with E-state index in [0.29, 0.717) is 17.1 Å². The fraction of sp³-hybridized carbons (Fsp3) is 0.630. The van der Waals surface area contributed by atoms with Crippen molar-refractivity contribution < 1.29 is 29.3 Å². The number of cyclic esters (lactones) is 1. The Bertz CT molecular complexity index is 854. The molecule has 4 unspecified atom stereocenters. The van der Waals surface area contributed by atoms with Crippen molar-refractivity contribution in [2.75, 3.05) is 0 Å². The first-order valence-corrected chi connectivity index (χ1v) is 11.8. The van der Waals surface area contributed by atoms with E-state index in [0.717, 1.165) is 24.2 Å². The third kappa shape index (κ3) is 8.48. The van der Waals surface area contributed by atoms with Crippen molar-refractivity contribution in [2.24, 2.45) is 29.1 Å². The average Bonchev–Trinajstić information content (AvgIpc) is 3.48. The largest absolute Gasteiger partial charge is 0.545 e. The third-order valence-corrected chi connectivity index (χ3v) is 7.11. The second kappa shape index (κ2) is 12.5. The first-order valence-electron chi connectivity index (χ1n) is 11.8. The summed E-state index contributed by atoms with van der Waals surface area (Å²) in [4.78, 5) is 30.4. The van der Waals surface area contributed by atoms with Crippen LogP contribution in [0.25, 0.3) is 0 Å². The van der Waals surface area contributed by atoms with E-state index in [1.807, 2.05) is 13.0 Å². The summed E-state index contributed by atoms with van der Waals surface area (Å²) in [6.45, 7) is 15.5. The molecule has 34 heavy (non-hydrogen) atoms. The topological polar surface area (TPSA) is 131 Å². The highest BCUT2D eigenvalue weighted by Gasteiger charge is 2.54. The number of hydrogen-bond acceptors (Lipinski definition) is 6. The molecule has 0 aromatic carbocycles. The van der Waals surface area contributed by atoms with Gasteiger partial charge in [0, 0.05) is 11.1 Å². The lowest BCUT2D eigenvalue weighted by atomic mass is 9.45. The molecule has 0 aromatic rings. The van der Waals surface area contributed by atoms with Gasteiger partial charge in [-0.15, -0.1) is 0 Å². The van der Waals surface area contributed by atoms with Crippen LogP contribution in [-0.2, 0) is 19.1 Å². The predicted molar refractivity (Wildman–Crippen MR) is 127 cm³/mol. The van der Waals surface area contributed by atoms with Crippen LogP contribution in [0, 0.1) is 40.4 Å². The van der Waals surface area contributed by atoms with E-state index in [1.165, 1.54) is 39.0 Å². The number of carbonyl (C=O) groups excluding carboxylic acids is 2. The van der Waals surface area contributed by atoms with Crippen LogP contribution >= 0.6 is 0 Å². The maximum atomic E-state index is 11.0. The van der Waals surface area contributed by atoms with Gasteiger partial charge >= 0.3 is 11.9 Å². The number of rotatable bonds is 4. The van der Waals surface area contributed by atoms with Gasteiger partial charge in [-0.3, -0.25) is 0 Å². The zero-order valence-corrected chi connectivity index (χ0v) is 21.1. The van der Waals surface area contributed by atoms with Crippen molar-refractivity contribution in [3.8, 4) is 6.07 Å². The van der Waals surface area contributed by atoms with Gasteiger partial charge in [-0.25, -0.2) is 9.59 Å². The average molecular weight is 473 g/mol. The number of hydrogen-bond donors (Lipinski definition) is 1. The summed E-state index contributed by atoms with van der Waals surface area (Å²) in [6.07, 6.45) is 9.44. The molecule has 1 N–H and O–H groups in total. The van der Waals surface area contributed by atoms with Gasteiger partial charge in [0.2, 0.25) is 0 Å². The highest BCUT2D eigenvalue weighted by Crippen LogP contribution is 2.63. The van der Waals surface area contributed by atoms with E-state index < -0.39 is 11.9 Å². The number of carbonyl (C=O) groups is 3. The molecule has 5 fully saturated rings. The molecule has 4 bridgehead atoms. The number of ether oxygens (including phenoxy) is 1. The van der Waals surface area contributed by atoms with E-state index in [4.69, 9.17) is 10.4 Å². The molecule has 4 atom stereocenters. The smallest absolute Gasteiger partial charge is 0.348 e. The fourth-order valence-electron chi connectivity index (χ4n) is 5.45. The zero-order valence-electron chi connectivity index (χ0n) is 21.1. The molecule has 1 heterocycles. The Morgan fingerprint density at radius 2 is 1.65 bits per heavy atom. The number of allylic oxidation sites excluding steroid dienone is 2. The van der Waals surface area contributed by atoms with E-state index in [-0.39, 0.29) is 23.1 Å². The summed E-state index contributed by atoms with van der Waals surface area (Å²) in [5.74, 6) is 1.24. The van der Waals surface area contributed by atoms with E-state index >= 15 is 0 Å².